The molecule has 0 saturated carbocycles. The quantitative estimate of drug-likeness (QED) is 0.631. The Balaban J connectivity index is 1.63. The number of fused-ring (bicyclic) bond motifs is 1. The number of ether oxygens (including phenoxy) is 1. The fraction of sp³-hybridized carbons (Fsp3) is 0.250. The van der Waals surface area contributed by atoms with E-state index in [0.717, 1.165) is 23.4 Å². The summed E-state index contributed by atoms with van der Waals surface area (Å²) in [6.45, 7) is 1.09. The minimum atomic E-state index is -4.38. The minimum absolute atomic E-state index is 0.164. The van der Waals surface area contributed by atoms with Crippen molar-refractivity contribution in [2.75, 3.05) is 23.9 Å². The molecular weight excluding hydrogens is 419 g/mol. The van der Waals surface area contributed by atoms with Crippen LogP contribution in [0.2, 0.25) is 5.02 Å². The van der Waals surface area contributed by atoms with Gasteiger partial charge in [-0.15, -0.1) is 0 Å². The first-order valence-corrected chi connectivity index (χ1v) is 9.46. The molecule has 0 aliphatic carbocycles. The van der Waals surface area contributed by atoms with E-state index in [1.807, 2.05) is 4.90 Å². The predicted octanol–water partition coefficient (Wildman–Crippen LogP) is 4.86. The third kappa shape index (κ3) is 4.11. The lowest BCUT2D eigenvalue weighted by Gasteiger charge is -2.30. The van der Waals surface area contributed by atoms with Crippen LogP contribution in [0.5, 0.6) is 6.01 Å². The van der Waals surface area contributed by atoms with Crippen molar-refractivity contribution in [3.8, 4) is 6.01 Å². The number of methoxy groups -OCH3 is 1. The van der Waals surface area contributed by atoms with Gasteiger partial charge in [0.2, 0.25) is 0 Å². The van der Waals surface area contributed by atoms with E-state index in [2.05, 4.69) is 20.3 Å². The standard InChI is InChI=1S/C20H17ClF3N5O/c1-30-19-27-16-11-29(18-15(21)3-2-9-25-18)10-8-14(16)17(28-19)26-13-6-4-12(5-7-13)20(22,23)24/h2-7,9H,8,10-11H2,1H3,(H,26,27,28). The second-order valence-corrected chi connectivity index (χ2v) is 7.07. The van der Waals surface area contributed by atoms with Crippen molar-refractivity contribution in [3.63, 3.8) is 0 Å². The largest absolute Gasteiger partial charge is 0.467 e. The molecule has 1 aliphatic rings. The lowest BCUT2D eigenvalue weighted by Crippen LogP contribution is -2.32. The van der Waals surface area contributed by atoms with Gasteiger partial charge in [0, 0.05) is 24.0 Å². The first kappa shape index (κ1) is 20.2. The highest BCUT2D eigenvalue weighted by molar-refractivity contribution is 6.32. The molecule has 0 fully saturated rings. The van der Waals surface area contributed by atoms with Gasteiger partial charge < -0.3 is 15.0 Å². The number of pyridine rings is 1. The summed E-state index contributed by atoms with van der Waals surface area (Å²) in [5.74, 6) is 1.17. The molecule has 1 aromatic carbocycles. The number of anilines is 3. The Morgan fingerprint density at radius 2 is 1.90 bits per heavy atom. The average Bonchev–Trinajstić information content (AvgIpc) is 2.73. The number of aromatic nitrogens is 3. The number of rotatable bonds is 4. The van der Waals surface area contributed by atoms with Crippen LogP contribution in [0.4, 0.5) is 30.5 Å². The number of nitrogens with one attached hydrogen (secondary N) is 1. The number of nitrogens with zero attached hydrogens (tertiary/aromatic N) is 4. The third-order valence-electron chi connectivity index (χ3n) is 4.74. The van der Waals surface area contributed by atoms with Crippen molar-refractivity contribution in [1.82, 2.24) is 15.0 Å². The molecule has 30 heavy (non-hydrogen) atoms. The van der Waals surface area contributed by atoms with E-state index in [0.29, 0.717) is 41.9 Å². The molecule has 1 aliphatic heterocycles. The smallest absolute Gasteiger partial charge is 0.416 e. The van der Waals surface area contributed by atoms with Crippen LogP contribution in [0, 0.1) is 0 Å². The fourth-order valence-corrected chi connectivity index (χ4v) is 3.51. The van der Waals surface area contributed by atoms with Gasteiger partial charge >= 0.3 is 12.2 Å². The van der Waals surface area contributed by atoms with Crippen LogP contribution in [-0.4, -0.2) is 28.6 Å². The maximum absolute atomic E-state index is 12.8. The number of halogens is 4. The molecule has 0 radical (unpaired) electrons. The first-order valence-electron chi connectivity index (χ1n) is 9.08. The van der Waals surface area contributed by atoms with Gasteiger partial charge in [-0.2, -0.15) is 23.1 Å². The van der Waals surface area contributed by atoms with E-state index >= 15 is 0 Å². The van der Waals surface area contributed by atoms with Crippen LogP contribution < -0.4 is 15.0 Å². The van der Waals surface area contributed by atoms with Gasteiger partial charge in [-0.25, -0.2) is 4.98 Å². The topological polar surface area (TPSA) is 63.2 Å². The predicted molar refractivity (Wildman–Crippen MR) is 107 cm³/mol. The van der Waals surface area contributed by atoms with Crippen LogP contribution in [-0.2, 0) is 19.1 Å². The SMILES string of the molecule is COc1nc2c(c(Nc3ccc(C(F)(F)F)cc3)n1)CCN(c1ncccc1Cl)C2. The van der Waals surface area contributed by atoms with E-state index in [9.17, 15) is 13.2 Å². The molecule has 0 bridgehead atoms. The zero-order valence-corrected chi connectivity index (χ0v) is 16.6. The molecule has 3 heterocycles. The van der Waals surface area contributed by atoms with E-state index in [4.69, 9.17) is 16.3 Å². The highest BCUT2D eigenvalue weighted by atomic mass is 35.5. The molecule has 0 saturated heterocycles. The Bertz CT molecular complexity index is 1060. The molecule has 3 aromatic rings. The highest BCUT2D eigenvalue weighted by Gasteiger charge is 2.30. The Morgan fingerprint density at radius 1 is 1.13 bits per heavy atom. The molecule has 0 unspecified atom stereocenters. The summed E-state index contributed by atoms with van der Waals surface area (Å²) in [4.78, 5) is 15.2. The highest BCUT2D eigenvalue weighted by Crippen LogP contribution is 2.33. The molecule has 4 rings (SSSR count). The van der Waals surface area contributed by atoms with E-state index in [1.165, 1.54) is 19.2 Å². The fourth-order valence-electron chi connectivity index (χ4n) is 3.27. The van der Waals surface area contributed by atoms with Gasteiger partial charge in [-0.05, 0) is 42.8 Å². The Hall–Kier alpha value is -3.07. The van der Waals surface area contributed by atoms with Crippen molar-refractivity contribution in [2.45, 2.75) is 19.1 Å². The van der Waals surface area contributed by atoms with Crippen molar-refractivity contribution < 1.29 is 17.9 Å². The van der Waals surface area contributed by atoms with Crippen LogP contribution >= 0.6 is 11.6 Å². The van der Waals surface area contributed by atoms with Crippen LogP contribution in [0.15, 0.2) is 42.6 Å². The van der Waals surface area contributed by atoms with E-state index in [-0.39, 0.29) is 6.01 Å². The molecule has 2 aromatic heterocycles. The van der Waals surface area contributed by atoms with Crippen LogP contribution in [0.1, 0.15) is 16.8 Å². The zero-order valence-electron chi connectivity index (χ0n) is 15.9. The van der Waals surface area contributed by atoms with Crippen LogP contribution in [0.3, 0.4) is 0 Å². The lowest BCUT2D eigenvalue weighted by atomic mass is 10.1. The van der Waals surface area contributed by atoms with Crippen molar-refractivity contribution in [3.05, 3.63) is 64.4 Å². The Morgan fingerprint density at radius 3 is 2.57 bits per heavy atom. The Kier molecular flexibility index (Phi) is 5.38. The van der Waals surface area contributed by atoms with Gasteiger partial charge in [0.15, 0.2) is 0 Å². The van der Waals surface area contributed by atoms with Crippen molar-refractivity contribution >= 4 is 28.9 Å². The molecular formula is C20H17ClF3N5O. The molecule has 0 spiro atoms. The summed E-state index contributed by atoms with van der Waals surface area (Å²) in [6, 6.07) is 8.49. The summed E-state index contributed by atoms with van der Waals surface area (Å²) in [5.41, 5.74) is 1.39. The van der Waals surface area contributed by atoms with Gasteiger partial charge in [0.05, 0.1) is 29.9 Å². The van der Waals surface area contributed by atoms with E-state index < -0.39 is 11.7 Å². The molecule has 10 heteroatoms. The molecule has 1 N–H and O–H groups in total. The zero-order chi connectivity index (χ0) is 21.3. The van der Waals surface area contributed by atoms with Gasteiger partial charge in [0.25, 0.3) is 0 Å². The molecule has 156 valence electrons. The number of alkyl halides is 3. The average molecular weight is 436 g/mol. The maximum atomic E-state index is 12.8. The summed E-state index contributed by atoms with van der Waals surface area (Å²) >= 11 is 6.27. The molecule has 6 nitrogen and oxygen atoms in total. The lowest BCUT2D eigenvalue weighted by molar-refractivity contribution is -0.137. The number of hydrogen-bond donors (Lipinski definition) is 1. The van der Waals surface area contributed by atoms with Crippen molar-refractivity contribution in [2.24, 2.45) is 0 Å². The summed E-state index contributed by atoms with van der Waals surface area (Å²) in [6.07, 6.45) is -2.10. The normalized spacial score (nSPS) is 13.7. The maximum Gasteiger partial charge on any atom is 0.416 e. The summed E-state index contributed by atoms with van der Waals surface area (Å²) in [7, 11) is 1.46. The second kappa shape index (κ2) is 7.98. The monoisotopic (exact) mass is 435 g/mol. The van der Waals surface area contributed by atoms with Gasteiger partial charge in [-0.1, -0.05) is 11.6 Å². The number of hydrogen-bond acceptors (Lipinski definition) is 6. The second-order valence-electron chi connectivity index (χ2n) is 6.66. The summed E-state index contributed by atoms with van der Waals surface area (Å²) < 4.78 is 43.6. The summed E-state index contributed by atoms with van der Waals surface area (Å²) in [5, 5.41) is 3.64. The molecule has 0 atom stereocenters. The van der Waals surface area contributed by atoms with Gasteiger partial charge in [-0.3, -0.25) is 0 Å². The van der Waals surface area contributed by atoms with Gasteiger partial charge in [0.1, 0.15) is 11.6 Å². The third-order valence-corrected chi connectivity index (χ3v) is 5.04. The van der Waals surface area contributed by atoms with Crippen molar-refractivity contribution in [1.29, 1.82) is 0 Å². The van der Waals surface area contributed by atoms with Crippen LogP contribution in [0.25, 0.3) is 0 Å². The number of benzene rings is 1. The molecule has 0 amide bonds. The Labute approximate surface area is 175 Å². The first-order chi connectivity index (χ1) is 14.3. The minimum Gasteiger partial charge on any atom is -0.467 e. The van der Waals surface area contributed by atoms with E-state index in [1.54, 1.807) is 18.3 Å².